The molecule has 2 unspecified atom stereocenters. The molecule has 0 aromatic carbocycles. The fourth-order valence-corrected chi connectivity index (χ4v) is 1.40. The number of ether oxygens (including phenoxy) is 1. The Labute approximate surface area is 57.8 Å². The van der Waals surface area contributed by atoms with Crippen molar-refractivity contribution in [3.63, 3.8) is 0 Å². The zero-order valence-electron chi connectivity index (χ0n) is 6.10. The Hall–Kier alpha value is -0.100. The largest absolute Gasteiger partial charge is 0.459 e. The molecular weight excluding hydrogens is 135 g/mol. The molecule has 0 amide bonds. The Morgan fingerprint density at radius 1 is 1.78 bits per heavy atom. The number of carbonyl (C=O) groups excluding carboxylic acids is 1. The minimum absolute atomic E-state index is 0.118. The lowest BCUT2D eigenvalue weighted by Gasteiger charge is -2.08. The van der Waals surface area contributed by atoms with E-state index < -0.39 is 0 Å². The van der Waals surface area contributed by atoms with Crippen molar-refractivity contribution in [2.45, 2.75) is 26.6 Å². The van der Waals surface area contributed by atoms with Crippen LogP contribution in [0.1, 0.15) is 20.8 Å². The van der Waals surface area contributed by atoms with Crippen LogP contribution in [0.25, 0.3) is 0 Å². The highest BCUT2D eigenvalue weighted by Gasteiger charge is 2.01. The highest BCUT2D eigenvalue weighted by Crippen LogP contribution is 2.18. The molecule has 0 saturated heterocycles. The molecule has 0 aromatic heterocycles. The summed E-state index contributed by atoms with van der Waals surface area (Å²) in [5, 5.41) is 0. The van der Waals surface area contributed by atoms with Gasteiger partial charge in [-0.15, -0.1) is 0 Å². The van der Waals surface area contributed by atoms with Crippen LogP contribution in [0.4, 0.5) is 0 Å². The Morgan fingerprint density at radius 3 is 2.67 bits per heavy atom. The van der Waals surface area contributed by atoms with Crippen LogP contribution in [0.5, 0.6) is 0 Å². The third-order valence-electron chi connectivity index (χ3n) is 0.834. The quantitative estimate of drug-likeness (QED) is 0.448. The number of rotatable bonds is 3. The molecule has 0 saturated carbocycles. The van der Waals surface area contributed by atoms with Gasteiger partial charge in [-0.1, -0.05) is 15.5 Å². The average Bonchev–Trinajstić information content (AvgIpc) is 1.63. The zero-order valence-corrected chi connectivity index (χ0v) is 7.10. The van der Waals surface area contributed by atoms with Crippen LogP contribution in [0.3, 0.4) is 0 Å². The Morgan fingerprint density at radius 2 is 2.33 bits per heavy atom. The van der Waals surface area contributed by atoms with E-state index in [1.165, 1.54) is 6.92 Å². The van der Waals surface area contributed by atoms with Crippen LogP contribution in [0.15, 0.2) is 0 Å². The van der Waals surface area contributed by atoms with Gasteiger partial charge in [-0.25, -0.2) is 0 Å². The third kappa shape index (κ3) is 5.78. The van der Waals surface area contributed by atoms with Crippen molar-refractivity contribution in [1.29, 1.82) is 0 Å². The molecule has 0 aliphatic rings. The summed E-state index contributed by atoms with van der Waals surface area (Å²) in [4.78, 5) is 10.3. The molecule has 0 fully saturated rings. The van der Waals surface area contributed by atoms with Gasteiger partial charge in [-0.05, 0) is 13.1 Å². The first-order valence-electron chi connectivity index (χ1n) is 3.07. The maximum atomic E-state index is 10.3. The third-order valence-corrected chi connectivity index (χ3v) is 1.94. The molecular formula is C6H13O2P. The van der Waals surface area contributed by atoms with E-state index in [1.807, 2.05) is 6.92 Å². The monoisotopic (exact) mass is 148 g/mol. The molecule has 0 rings (SSSR count). The van der Waals surface area contributed by atoms with Crippen LogP contribution in [0, 0.1) is 0 Å². The number of hydrogen-bond donors (Lipinski definition) is 0. The van der Waals surface area contributed by atoms with Crippen LogP contribution < -0.4 is 0 Å². The average molecular weight is 148 g/mol. The summed E-state index contributed by atoms with van der Waals surface area (Å²) >= 11 is 0. The molecule has 0 heterocycles. The van der Waals surface area contributed by atoms with Crippen molar-refractivity contribution < 1.29 is 9.53 Å². The van der Waals surface area contributed by atoms with Gasteiger partial charge in [-0.3, -0.25) is 4.79 Å². The summed E-state index contributed by atoms with van der Waals surface area (Å²) in [5.74, 6) is -0.0593. The summed E-state index contributed by atoms with van der Waals surface area (Å²) in [6.07, 6.45) is 1.09. The predicted octanol–water partition coefficient (Wildman–Crippen LogP) is 1.59. The van der Waals surface area contributed by atoms with E-state index in [0.717, 1.165) is 14.7 Å². The summed E-state index contributed by atoms with van der Waals surface area (Å²) in [7, 11) is 0.738. The second-order valence-electron chi connectivity index (χ2n) is 1.81. The van der Waals surface area contributed by atoms with Gasteiger partial charge in [0, 0.05) is 6.92 Å². The topological polar surface area (TPSA) is 26.3 Å². The van der Waals surface area contributed by atoms with Crippen LogP contribution in [-0.2, 0) is 9.53 Å². The van der Waals surface area contributed by atoms with Gasteiger partial charge in [0.2, 0.25) is 0 Å². The normalized spacial score (nSPS) is 14.1. The molecule has 3 heteroatoms. The predicted molar refractivity (Wildman–Crippen MR) is 40.1 cm³/mol. The van der Waals surface area contributed by atoms with Gasteiger partial charge >= 0.3 is 5.97 Å². The maximum Gasteiger partial charge on any atom is 0.303 e. The SMILES string of the molecule is CCPC(C)OC(C)=O. The minimum Gasteiger partial charge on any atom is -0.459 e. The molecule has 0 aliphatic heterocycles. The van der Waals surface area contributed by atoms with Crippen LogP contribution in [-0.4, -0.2) is 18.0 Å². The Balaban J connectivity index is 3.26. The number of carbonyl (C=O) groups is 1. The van der Waals surface area contributed by atoms with E-state index in [1.54, 1.807) is 0 Å². The first-order chi connectivity index (χ1) is 4.16. The number of esters is 1. The smallest absolute Gasteiger partial charge is 0.303 e. The van der Waals surface area contributed by atoms with E-state index in [-0.39, 0.29) is 11.8 Å². The van der Waals surface area contributed by atoms with E-state index in [2.05, 4.69) is 6.92 Å². The van der Waals surface area contributed by atoms with Crippen molar-refractivity contribution in [3.8, 4) is 0 Å². The van der Waals surface area contributed by atoms with Crippen molar-refractivity contribution in [2.75, 3.05) is 6.16 Å². The van der Waals surface area contributed by atoms with Gasteiger partial charge < -0.3 is 4.74 Å². The maximum absolute atomic E-state index is 10.3. The molecule has 0 radical (unpaired) electrons. The van der Waals surface area contributed by atoms with Crippen molar-refractivity contribution >= 4 is 14.6 Å². The van der Waals surface area contributed by atoms with E-state index in [9.17, 15) is 4.79 Å². The van der Waals surface area contributed by atoms with Gasteiger partial charge in [0.25, 0.3) is 0 Å². The second-order valence-corrected chi connectivity index (χ2v) is 3.74. The summed E-state index contributed by atoms with van der Waals surface area (Å²) in [6.45, 7) is 5.44. The summed E-state index contributed by atoms with van der Waals surface area (Å²) in [6, 6.07) is 0. The van der Waals surface area contributed by atoms with E-state index >= 15 is 0 Å². The lowest BCUT2D eigenvalue weighted by atomic mass is 10.8. The first kappa shape index (κ1) is 8.90. The van der Waals surface area contributed by atoms with Crippen molar-refractivity contribution in [2.24, 2.45) is 0 Å². The fourth-order valence-electron chi connectivity index (χ4n) is 0.578. The molecule has 0 spiro atoms. The number of hydrogen-bond acceptors (Lipinski definition) is 2. The van der Waals surface area contributed by atoms with Gasteiger partial charge in [0.1, 0.15) is 5.85 Å². The van der Waals surface area contributed by atoms with Crippen LogP contribution >= 0.6 is 8.58 Å². The lowest BCUT2D eigenvalue weighted by molar-refractivity contribution is -0.141. The van der Waals surface area contributed by atoms with Crippen LogP contribution in [0.2, 0.25) is 0 Å². The zero-order chi connectivity index (χ0) is 7.28. The molecule has 9 heavy (non-hydrogen) atoms. The van der Waals surface area contributed by atoms with Gasteiger partial charge in [0.15, 0.2) is 0 Å². The minimum atomic E-state index is -0.177. The highest BCUT2D eigenvalue weighted by molar-refractivity contribution is 7.38. The first-order valence-corrected chi connectivity index (χ1v) is 4.36. The molecule has 0 N–H and O–H groups in total. The molecule has 2 nitrogen and oxygen atoms in total. The fraction of sp³-hybridized carbons (Fsp3) is 0.833. The Kier molecular flexibility index (Phi) is 4.70. The second kappa shape index (κ2) is 4.75. The molecule has 0 bridgehead atoms. The summed E-state index contributed by atoms with van der Waals surface area (Å²) < 4.78 is 4.86. The molecule has 0 aliphatic carbocycles. The standard InChI is InChI=1S/C6H13O2P/c1-4-9-6(3)8-5(2)7/h6,9H,4H2,1-3H3. The van der Waals surface area contributed by atoms with E-state index in [0.29, 0.717) is 0 Å². The Bertz CT molecular complexity index is 93.1. The molecule has 54 valence electrons. The summed E-state index contributed by atoms with van der Waals surface area (Å²) in [5.41, 5.74) is 0. The van der Waals surface area contributed by atoms with E-state index in [4.69, 9.17) is 4.74 Å². The highest BCUT2D eigenvalue weighted by atomic mass is 31.1. The van der Waals surface area contributed by atoms with Gasteiger partial charge in [0.05, 0.1) is 0 Å². The lowest BCUT2D eigenvalue weighted by Crippen LogP contribution is -2.06. The van der Waals surface area contributed by atoms with Crippen molar-refractivity contribution in [1.82, 2.24) is 0 Å². The molecule has 0 aromatic rings. The van der Waals surface area contributed by atoms with Gasteiger partial charge in [-0.2, -0.15) is 0 Å². The van der Waals surface area contributed by atoms with Crippen molar-refractivity contribution in [3.05, 3.63) is 0 Å². The molecule has 2 atom stereocenters.